The first-order chi connectivity index (χ1) is 18.0. The van der Waals surface area contributed by atoms with Gasteiger partial charge in [0.15, 0.2) is 8.32 Å². The molecule has 38 heavy (non-hydrogen) atoms. The lowest BCUT2D eigenvalue weighted by Gasteiger charge is -2.60. The highest BCUT2D eigenvalue weighted by atomic mass is 28.4. The van der Waals surface area contributed by atoms with Crippen molar-refractivity contribution < 1.29 is 14.0 Å². The number of hydrogen-bond donors (Lipinski definition) is 0. The van der Waals surface area contributed by atoms with Gasteiger partial charge in [-0.25, -0.2) is 0 Å². The minimum Gasteiger partial charge on any atom is -0.413 e. The highest BCUT2D eigenvalue weighted by Crippen LogP contribution is 2.43. The minimum atomic E-state index is -3.05. The van der Waals surface area contributed by atoms with Crippen LogP contribution < -0.4 is 15.6 Å². The lowest BCUT2D eigenvalue weighted by molar-refractivity contribution is -0.157. The Morgan fingerprint density at radius 2 is 1.18 bits per heavy atom. The van der Waals surface area contributed by atoms with Crippen LogP contribution >= 0.6 is 0 Å². The van der Waals surface area contributed by atoms with Crippen molar-refractivity contribution in [2.24, 2.45) is 11.8 Å². The highest BCUT2D eigenvalue weighted by molar-refractivity contribution is 7.10. The number of amides is 1. The van der Waals surface area contributed by atoms with Crippen molar-refractivity contribution in [3.63, 3.8) is 0 Å². The molecule has 4 atom stereocenters. The third kappa shape index (κ3) is 4.74. The van der Waals surface area contributed by atoms with Crippen LogP contribution in [-0.4, -0.2) is 45.5 Å². The topological polar surface area (TPSA) is 46.6 Å². The van der Waals surface area contributed by atoms with E-state index >= 15 is 0 Å². The SMILES string of the molecule is C[C@@H](C=O)[C@@H]1[C@@H]([C@@H](C)O[Si](C)(C)C(C)(C)C)C(=O)N1[Si](c1ccccc1)(c1ccccc1)c1ccccc1. The van der Waals surface area contributed by atoms with Crippen LogP contribution in [0.15, 0.2) is 91.0 Å². The van der Waals surface area contributed by atoms with Crippen molar-refractivity contribution in [2.45, 2.75) is 64.9 Å². The summed E-state index contributed by atoms with van der Waals surface area (Å²) in [6, 6.07) is 30.9. The average Bonchev–Trinajstić information content (AvgIpc) is 2.90. The van der Waals surface area contributed by atoms with Gasteiger partial charge in [0.05, 0.1) is 12.0 Å². The van der Waals surface area contributed by atoms with E-state index in [1.165, 1.54) is 0 Å². The monoisotopic (exact) mass is 543 g/mol. The lowest BCUT2D eigenvalue weighted by Crippen LogP contribution is -2.87. The van der Waals surface area contributed by atoms with Crippen LogP contribution in [0.1, 0.15) is 34.6 Å². The van der Waals surface area contributed by atoms with Crippen LogP contribution in [0, 0.1) is 11.8 Å². The number of aldehydes is 1. The molecule has 3 aromatic rings. The summed E-state index contributed by atoms with van der Waals surface area (Å²) in [4.78, 5) is 26.9. The molecular weight excluding hydrogens is 503 g/mol. The fourth-order valence-corrected chi connectivity index (χ4v) is 12.3. The van der Waals surface area contributed by atoms with E-state index in [4.69, 9.17) is 4.43 Å². The highest BCUT2D eigenvalue weighted by Gasteiger charge is 2.63. The van der Waals surface area contributed by atoms with Crippen molar-refractivity contribution in [1.29, 1.82) is 0 Å². The molecule has 1 amide bonds. The second kappa shape index (κ2) is 10.8. The van der Waals surface area contributed by atoms with Crippen molar-refractivity contribution in [3.8, 4) is 0 Å². The quantitative estimate of drug-likeness (QED) is 0.170. The Labute approximate surface area is 230 Å². The molecule has 0 unspecified atom stereocenters. The molecule has 0 aromatic heterocycles. The van der Waals surface area contributed by atoms with Crippen molar-refractivity contribution in [1.82, 2.24) is 4.57 Å². The number of benzene rings is 3. The van der Waals surface area contributed by atoms with E-state index in [0.29, 0.717) is 0 Å². The van der Waals surface area contributed by atoms with Crippen LogP contribution in [0.5, 0.6) is 0 Å². The molecule has 1 aliphatic heterocycles. The zero-order valence-electron chi connectivity index (χ0n) is 23.7. The van der Waals surface area contributed by atoms with Crippen LogP contribution in [-0.2, 0) is 14.0 Å². The number of nitrogens with zero attached hydrogens (tertiary/aromatic N) is 1. The fraction of sp³-hybridized carbons (Fsp3) is 0.375. The molecule has 1 fully saturated rings. The van der Waals surface area contributed by atoms with Gasteiger partial charge in [-0.05, 0) is 40.6 Å². The molecule has 0 saturated carbocycles. The van der Waals surface area contributed by atoms with Crippen LogP contribution in [0.3, 0.4) is 0 Å². The number of β-lactam (4-membered cyclic amide) rings is 1. The first kappa shape index (κ1) is 28.2. The third-order valence-corrected chi connectivity index (χ3v) is 18.0. The molecule has 4 rings (SSSR count). The second-order valence-corrected chi connectivity index (χ2v) is 20.5. The van der Waals surface area contributed by atoms with Gasteiger partial charge in [0.2, 0.25) is 5.91 Å². The van der Waals surface area contributed by atoms with Gasteiger partial charge >= 0.3 is 0 Å². The Morgan fingerprint density at radius 3 is 1.53 bits per heavy atom. The maximum Gasteiger partial charge on any atom is 0.255 e. The van der Waals surface area contributed by atoms with Crippen molar-refractivity contribution in [3.05, 3.63) is 91.0 Å². The molecule has 3 aromatic carbocycles. The maximum absolute atomic E-state index is 14.5. The molecule has 4 nitrogen and oxygen atoms in total. The molecule has 0 radical (unpaired) electrons. The standard InChI is InChI=1S/C32H41NO3Si2/c1-24(23-34)30-29(25(2)36-37(6,7)32(3,4)5)31(35)33(30)38(26-17-11-8-12-18-26,27-19-13-9-14-20-27)28-21-15-10-16-22-28/h8-25,29-30H,1-7H3/t24-,25+,29+,30+/m0/s1. The van der Waals surface area contributed by atoms with Crippen LogP contribution in [0.2, 0.25) is 18.1 Å². The second-order valence-electron chi connectivity index (χ2n) is 12.1. The van der Waals surface area contributed by atoms with E-state index in [9.17, 15) is 9.59 Å². The molecule has 1 heterocycles. The summed E-state index contributed by atoms with van der Waals surface area (Å²) in [5.74, 6) is -0.614. The molecule has 6 heteroatoms. The van der Waals surface area contributed by atoms with Gasteiger partial charge < -0.3 is 13.8 Å². The average molecular weight is 544 g/mol. The van der Waals surface area contributed by atoms with E-state index < -0.39 is 16.6 Å². The number of carbonyl (C=O) groups is 2. The van der Waals surface area contributed by atoms with E-state index in [0.717, 1.165) is 21.8 Å². The molecule has 1 saturated heterocycles. The van der Waals surface area contributed by atoms with Gasteiger partial charge in [0.1, 0.15) is 6.29 Å². The molecule has 1 aliphatic rings. The summed E-state index contributed by atoms with van der Waals surface area (Å²) >= 11 is 0. The first-order valence-corrected chi connectivity index (χ1v) is 18.4. The van der Waals surface area contributed by atoms with Crippen LogP contribution in [0.4, 0.5) is 0 Å². The zero-order chi connectivity index (χ0) is 27.7. The number of rotatable bonds is 9. The molecule has 200 valence electrons. The molecule has 0 bridgehead atoms. The summed E-state index contributed by atoms with van der Waals surface area (Å²) in [6.07, 6.45) is 0.733. The largest absolute Gasteiger partial charge is 0.413 e. The fourth-order valence-electron chi connectivity index (χ4n) is 5.71. The molecule has 0 N–H and O–H groups in total. The molecule has 0 aliphatic carbocycles. The summed E-state index contributed by atoms with van der Waals surface area (Å²) in [7, 11) is -5.17. The maximum atomic E-state index is 14.5. The number of carbonyl (C=O) groups excluding carboxylic acids is 2. The Morgan fingerprint density at radius 1 is 0.789 bits per heavy atom. The summed E-state index contributed by atoms with van der Waals surface area (Å²) in [5.41, 5.74) is 0. The van der Waals surface area contributed by atoms with Crippen molar-refractivity contribution >= 4 is 44.3 Å². The predicted molar refractivity (Wildman–Crippen MR) is 161 cm³/mol. The zero-order valence-corrected chi connectivity index (χ0v) is 25.7. The van der Waals surface area contributed by atoms with Crippen LogP contribution in [0.25, 0.3) is 0 Å². The number of hydrogen-bond acceptors (Lipinski definition) is 3. The Kier molecular flexibility index (Phi) is 7.98. The van der Waals surface area contributed by atoms with E-state index in [1.54, 1.807) is 0 Å². The van der Waals surface area contributed by atoms with E-state index in [1.807, 2.05) is 68.4 Å². The normalized spacial score (nSPS) is 20.0. The molecular formula is C32H41NO3Si2. The van der Waals surface area contributed by atoms with Crippen molar-refractivity contribution in [2.75, 3.05) is 0 Å². The van der Waals surface area contributed by atoms with Gasteiger partial charge in [0, 0.05) is 12.0 Å². The predicted octanol–water partition coefficient (Wildman–Crippen LogP) is 4.73. The first-order valence-electron chi connectivity index (χ1n) is 13.6. The van der Waals surface area contributed by atoms with Gasteiger partial charge in [-0.15, -0.1) is 0 Å². The Bertz CT molecular complexity index is 1150. The smallest absolute Gasteiger partial charge is 0.255 e. The summed E-state index contributed by atoms with van der Waals surface area (Å²) in [6.45, 7) is 15.1. The third-order valence-electron chi connectivity index (χ3n) is 8.67. The van der Waals surface area contributed by atoms with E-state index in [-0.39, 0.29) is 34.9 Å². The Hall–Kier alpha value is -2.81. The van der Waals surface area contributed by atoms with Gasteiger partial charge in [-0.3, -0.25) is 4.79 Å². The molecule has 0 spiro atoms. The van der Waals surface area contributed by atoms with Gasteiger partial charge in [-0.1, -0.05) is 119 Å². The minimum absolute atomic E-state index is 0.0239. The van der Waals surface area contributed by atoms with Gasteiger partial charge in [0.25, 0.3) is 8.24 Å². The lowest BCUT2D eigenvalue weighted by atomic mass is 9.79. The van der Waals surface area contributed by atoms with E-state index in [2.05, 4.69) is 74.8 Å². The van der Waals surface area contributed by atoms with Gasteiger partial charge in [-0.2, -0.15) is 0 Å². The summed E-state index contributed by atoms with van der Waals surface area (Å²) in [5, 5.41) is 3.41. The summed E-state index contributed by atoms with van der Waals surface area (Å²) < 4.78 is 8.88. The Balaban J connectivity index is 1.92.